The molecule has 3 aromatic rings. The molecule has 0 saturated heterocycles. The standard InChI is InChI=1S/C25H28FN3O3S/c1-15(28-33(31,32)18-7-3-8-18)21-14-29(17-5-2-6-17)23-13-16(11-12-19(21)23)24-20(25(27)30)9-4-10-22(24)26/h4,9-15,17-18,28H,2-3,5-8H2,1H3,(H2,27,30)/t15-/m1/s1. The Bertz CT molecular complexity index is 1340. The van der Waals surface area contributed by atoms with Gasteiger partial charge in [-0.25, -0.2) is 17.5 Å². The van der Waals surface area contributed by atoms with Gasteiger partial charge in [0.15, 0.2) is 0 Å². The highest BCUT2D eigenvalue weighted by Crippen LogP contribution is 2.40. The molecular weight excluding hydrogens is 441 g/mol. The number of carbonyl (C=O) groups excluding carboxylic acids is 1. The van der Waals surface area contributed by atoms with Crippen molar-refractivity contribution < 1.29 is 17.6 Å². The number of nitrogens with two attached hydrogens (primary N) is 1. The Kier molecular flexibility index (Phi) is 5.53. The van der Waals surface area contributed by atoms with Crippen molar-refractivity contribution >= 4 is 26.8 Å². The monoisotopic (exact) mass is 469 g/mol. The van der Waals surface area contributed by atoms with E-state index in [2.05, 4.69) is 9.29 Å². The van der Waals surface area contributed by atoms with Gasteiger partial charge in [-0.3, -0.25) is 4.79 Å². The van der Waals surface area contributed by atoms with Crippen molar-refractivity contribution in [2.24, 2.45) is 5.73 Å². The van der Waals surface area contributed by atoms with Gasteiger partial charge in [-0.1, -0.05) is 24.6 Å². The lowest BCUT2D eigenvalue weighted by Crippen LogP contribution is -2.39. The molecule has 2 aromatic carbocycles. The maximum atomic E-state index is 14.8. The van der Waals surface area contributed by atoms with Gasteiger partial charge in [0.2, 0.25) is 15.9 Å². The van der Waals surface area contributed by atoms with Crippen LogP contribution in [0.15, 0.2) is 42.6 Å². The van der Waals surface area contributed by atoms with E-state index < -0.39 is 21.7 Å². The highest BCUT2D eigenvalue weighted by Gasteiger charge is 2.33. The van der Waals surface area contributed by atoms with E-state index in [1.807, 2.05) is 25.3 Å². The summed E-state index contributed by atoms with van der Waals surface area (Å²) in [4.78, 5) is 11.9. The summed E-state index contributed by atoms with van der Waals surface area (Å²) in [6, 6.07) is 9.80. The molecule has 1 atom stereocenters. The molecule has 8 heteroatoms. The van der Waals surface area contributed by atoms with Crippen molar-refractivity contribution in [3.63, 3.8) is 0 Å². The fourth-order valence-corrected chi connectivity index (χ4v) is 6.62. The molecular formula is C25H28FN3O3S. The van der Waals surface area contributed by atoms with Crippen LogP contribution >= 0.6 is 0 Å². The summed E-state index contributed by atoms with van der Waals surface area (Å²) in [5, 5.41) is 0.617. The molecule has 0 aliphatic heterocycles. The molecule has 0 bridgehead atoms. The van der Waals surface area contributed by atoms with Gasteiger partial charge in [0.1, 0.15) is 5.82 Å². The Morgan fingerprint density at radius 2 is 1.88 bits per heavy atom. The second kappa shape index (κ2) is 8.25. The number of hydrogen-bond donors (Lipinski definition) is 2. The van der Waals surface area contributed by atoms with Gasteiger partial charge < -0.3 is 10.3 Å². The molecule has 33 heavy (non-hydrogen) atoms. The van der Waals surface area contributed by atoms with Crippen LogP contribution in [-0.4, -0.2) is 24.1 Å². The predicted octanol–water partition coefficient (Wildman–Crippen LogP) is 4.80. The van der Waals surface area contributed by atoms with E-state index >= 15 is 0 Å². The number of benzene rings is 2. The molecule has 0 radical (unpaired) electrons. The average Bonchev–Trinajstić information content (AvgIpc) is 3.03. The normalized spacial score (nSPS) is 18.1. The Morgan fingerprint density at radius 1 is 1.15 bits per heavy atom. The third-order valence-electron chi connectivity index (χ3n) is 7.20. The van der Waals surface area contributed by atoms with Crippen molar-refractivity contribution in [2.45, 2.75) is 62.8 Å². The first-order valence-corrected chi connectivity index (χ1v) is 13.0. The SMILES string of the molecule is C[C@@H](NS(=O)(=O)C1CCC1)c1cn(C2CCC2)c2cc(-c3c(F)cccc3C(N)=O)ccc12. The number of hydrogen-bond acceptors (Lipinski definition) is 3. The number of rotatable bonds is 7. The van der Waals surface area contributed by atoms with E-state index in [4.69, 9.17) is 5.73 Å². The number of sulfonamides is 1. The quantitative estimate of drug-likeness (QED) is 0.520. The zero-order valence-electron chi connectivity index (χ0n) is 18.6. The highest BCUT2D eigenvalue weighted by molar-refractivity contribution is 7.90. The molecule has 0 spiro atoms. The molecule has 5 rings (SSSR count). The average molecular weight is 470 g/mol. The zero-order valence-corrected chi connectivity index (χ0v) is 19.4. The molecule has 1 heterocycles. The molecule has 0 unspecified atom stereocenters. The van der Waals surface area contributed by atoms with Gasteiger partial charge in [0, 0.05) is 40.3 Å². The fraction of sp³-hybridized carbons (Fsp3) is 0.400. The second-order valence-electron chi connectivity index (χ2n) is 9.27. The van der Waals surface area contributed by atoms with E-state index in [-0.39, 0.29) is 22.4 Å². The van der Waals surface area contributed by atoms with Gasteiger partial charge in [-0.15, -0.1) is 0 Å². The summed E-state index contributed by atoms with van der Waals surface area (Å²) in [7, 11) is -3.37. The summed E-state index contributed by atoms with van der Waals surface area (Å²) in [6.45, 7) is 1.87. The van der Waals surface area contributed by atoms with Crippen molar-refractivity contribution in [2.75, 3.05) is 0 Å². The summed E-state index contributed by atoms with van der Waals surface area (Å²) in [5.41, 5.74) is 8.21. The lowest BCUT2D eigenvalue weighted by Gasteiger charge is -2.28. The van der Waals surface area contributed by atoms with Gasteiger partial charge >= 0.3 is 0 Å². The van der Waals surface area contributed by atoms with Crippen LogP contribution in [-0.2, 0) is 10.0 Å². The number of aromatic nitrogens is 1. The molecule has 1 aromatic heterocycles. The molecule has 3 N–H and O–H groups in total. The Morgan fingerprint density at radius 3 is 2.48 bits per heavy atom. The molecule has 2 aliphatic carbocycles. The number of primary amides is 1. The minimum atomic E-state index is -3.37. The second-order valence-corrected chi connectivity index (χ2v) is 11.3. The van der Waals surface area contributed by atoms with Crippen LogP contribution in [0.25, 0.3) is 22.0 Å². The van der Waals surface area contributed by atoms with E-state index in [0.29, 0.717) is 24.4 Å². The zero-order chi connectivity index (χ0) is 23.3. The first kappa shape index (κ1) is 22.1. The summed E-state index contributed by atoms with van der Waals surface area (Å²) in [6.07, 6.45) is 7.63. The molecule has 2 saturated carbocycles. The molecule has 2 aliphatic rings. The van der Waals surface area contributed by atoms with Crippen LogP contribution in [0.3, 0.4) is 0 Å². The minimum Gasteiger partial charge on any atom is -0.366 e. The number of halogens is 1. The maximum absolute atomic E-state index is 14.8. The largest absolute Gasteiger partial charge is 0.366 e. The number of nitrogens with zero attached hydrogens (tertiary/aromatic N) is 1. The summed E-state index contributed by atoms with van der Waals surface area (Å²) < 4.78 is 45.3. The minimum absolute atomic E-state index is 0.137. The summed E-state index contributed by atoms with van der Waals surface area (Å²) in [5.74, 6) is -1.19. The van der Waals surface area contributed by atoms with Crippen LogP contribution in [0.1, 0.15) is 73.5 Å². The van der Waals surface area contributed by atoms with Crippen molar-refractivity contribution in [3.05, 3.63) is 59.5 Å². The molecule has 174 valence electrons. The van der Waals surface area contributed by atoms with E-state index in [0.717, 1.165) is 42.1 Å². The van der Waals surface area contributed by atoms with E-state index in [9.17, 15) is 17.6 Å². The highest BCUT2D eigenvalue weighted by atomic mass is 32.2. The molecule has 2 fully saturated rings. The van der Waals surface area contributed by atoms with E-state index in [1.54, 1.807) is 6.07 Å². The maximum Gasteiger partial charge on any atom is 0.249 e. The van der Waals surface area contributed by atoms with E-state index in [1.165, 1.54) is 18.2 Å². The van der Waals surface area contributed by atoms with Crippen LogP contribution in [0, 0.1) is 5.82 Å². The third-order valence-corrected chi connectivity index (χ3v) is 9.23. The Balaban J connectivity index is 1.60. The Hall–Kier alpha value is -2.71. The third kappa shape index (κ3) is 3.85. The van der Waals surface area contributed by atoms with Crippen LogP contribution in [0.5, 0.6) is 0 Å². The number of fused-ring (bicyclic) bond motifs is 1. The van der Waals surface area contributed by atoms with Crippen molar-refractivity contribution in [1.82, 2.24) is 9.29 Å². The lowest BCUT2D eigenvalue weighted by atomic mass is 9.92. The topological polar surface area (TPSA) is 94.2 Å². The lowest BCUT2D eigenvalue weighted by molar-refractivity contribution is 0.100. The fourth-order valence-electron chi connectivity index (χ4n) is 4.86. The first-order chi connectivity index (χ1) is 15.8. The molecule has 1 amide bonds. The van der Waals surface area contributed by atoms with Crippen LogP contribution in [0.2, 0.25) is 0 Å². The van der Waals surface area contributed by atoms with Gasteiger partial charge in [0.05, 0.1) is 5.25 Å². The van der Waals surface area contributed by atoms with Crippen molar-refractivity contribution in [3.8, 4) is 11.1 Å². The molecule has 6 nitrogen and oxygen atoms in total. The van der Waals surface area contributed by atoms with Crippen LogP contribution < -0.4 is 10.5 Å². The van der Waals surface area contributed by atoms with Crippen molar-refractivity contribution in [1.29, 1.82) is 0 Å². The van der Waals surface area contributed by atoms with Gasteiger partial charge in [-0.2, -0.15) is 0 Å². The smallest absolute Gasteiger partial charge is 0.249 e. The number of amides is 1. The predicted molar refractivity (Wildman–Crippen MR) is 127 cm³/mol. The van der Waals surface area contributed by atoms with Gasteiger partial charge in [0.25, 0.3) is 0 Å². The van der Waals surface area contributed by atoms with Gasteiger partial charge in [-0.05, 0) is 68.4 Å². The van der Waals surface area contributed by atoms with Crippen LogP contribution in [0.4, 0.5) is 4.39 Å². The number of carbonyl (C=O) groups is 1. The number of nitrogens with one attached hydrogen (secondary N) is 1. The first-order valence-electron chi connectivity index (χ1n) is 11.5. The summed E-state index contributed by atoms with van der Waals surface area (Å²) >= 11 is 0. The Labute approximate surface area is 193 Å².